The van der Waals surface area contributed by atoms with Crippen LogP contribution in [0.1, 0.15) is 10.5 Å². The molecule has 1 aromatic rings. The van der Waals surface area contributed by atoms with Gasteiger partial charge in [0.1, 0.15) is 0 Å². The predicted molar refractivity (Wildman–Crippen MR) is 38.1 cm³/mol. The van der Waals surface area contributed by atoms with Crippen LogP contribution in [0.25, 0.3) is 0 Å². The van der Waals surface area contributed by atoms with Gasteiger partial charge in [0.05, 0.1) is 0 Å². The van der Waals surface area contributed by atoms with Crippen molar-refractivity contribution in [2.45, 2.75) is 0 Å². The number of hydrogen-bond acceptors (Lipinski definition) is 3. The van der Waals surface area contributed by atoms with Crippen molar-refractivity contribution in [1.82, 2.24) is 9.19 Å². The fourth-order valence-electron chi connectivity index (χ4n) is 0.523. The molecule has 4 nitrogen and oxygen atoms in total. The van der Waals surface area contributed by atoms with Gasteiger partial charge in [0.15, 0.2) is 5.69 Å². The molecule has 0 aliphatic carbocycles. The number of rotatable bonds is 2. The standard InChI is InChI=1S/C5H6N2O2S/c1-10-7-3-2-4(6-7)5(8)9/h2-3H,1H3,(H,8,9). The molecule has 0 aromatic carbocycles. The average Bonchev–Trinajstić information content (AvgIpc) is 2.34. The van der Waals surface area contributed by atoms with Crippen LogP contribution in [0.15, 0.2) is 12.3 Å². The normalized spacial score (nSPS) is 9.70. The molecule has 0 bridgehead atoms. The number of nitrogens with zero attached hydrogens (tertiary/aromatic N) is 2. The first-order chi connectivity index (χ1) is 4.74. The molecule has 0 unspecified atom stereocenters. The molecule has 0 saturated carbocycles. The van der Waals surface area contributed by atoms with Crippen molar-refractivity contribution in [3.05, 3.63) is 18.0 Å². The van der Waals surface area contributed by atoms with E-state index in [1.54, 1.807) is 6.20 Å². The Bertz CT molecular complexity index is 246. The summed E-state index contributed by atoms with van der Waals surface area (Å²) in [7, 11) is 0. The zero-order valence-electron chi connectivity index (χ0n) is 5.31. The molecule has 1 rings (SSSR count). The van der Waals surface area contributed by atoms with E-state index in [0.717, 1.165) is 0 Å². The molecule has 54 valence electrons. The Morgan fingerprint density at radius 3 is 2.90 bits per heavy atom. The van der Waals surface area contributed by atoms with E-state index in [-0.39, 0.29) is 5.69 Å². The minimum atomic E-state index is -0.993. The molecule has 1 aromatic heterocycles. The molecule has 0 fully saturated rings. The molecule has 0 spiro atoms. The van der Waals surface area contributed by atoms with E-state index in [4.69, 9.17) is 5.11 Å². The summed E-state index contributed by atoms with van der Waals surface area (Å²) in [6.07, 6.45) is 3.42. The zero-order chi connectivity index (χ0) is 7.56. The van der Waals surface area contributed by atoms with Crippen molar-refractivity contribution in [2.24, 2.45) is 0 Å². The van der Waals surface area contributed by atoms with Crippen LogP contribution in [0.5, 0.6) is 0 Å². The summed E-state index contributed by atoms with van der Waals surface area (Å²) in [5.41, 5.74) is 0.0781. The lowest BCUT2D eigenvalue weighted by Crippen LogP contribution is -1.97. The van der Waals surface area contributed by atoms with Crippen LogP contribution in [0.4, 0.5) is 0 Å². The molecule has 0 atom stereocenters. The predicted octanol–water partition coefficient (Wildman–Crippen LogP) is 0.707. The Balaban J connectivity index is 2.88. The first-order valence-electron chi connectivity index (χ1n) is 2.57. The number of carboxylic acid groups (broad SMARTS) is 1. The van der Waals surface area contributed by atoms with E-state index in [2.05, 4.69) is 5.10 Å². The highest BCUT2D eigenvalue weighted by Gasteiger charge is 2.04. The van der Waals surface area contributed by atoms with Crippen LogP contribution >= 0.6 is 11.9 Å². The van der Waals surface area contributed by atoms with Crippen LogP contribution in [0.2, 0.25) is 0 Å². The van der Waals surface area contributed by atoms with Gasteiger partial charge in [-0.1, -0.05) is 0 Å². The molecule has 5 heteroatoms. The van der Waals surface area contributed by atoms with Crippen molar-refractivity contribution < 1.29 is 9.90 Å². The maximum absolute atomic E-state index is 10.2. The Kier molecular flexibility index (Phi) is 1.96. The molecule has 10 heavy (non-hydrogen) atoms. The number of hydrogen-bond donors (Lipinski definition) is 1. The molecule has 0 saturated heterocycles. The van der Waals surface area contributed by atoms with Gasteiger partial charge in [-0.05, 0) is 18.0 Å². The van der Waals surface area contributed by atoms with Gasteiger partial charge in [-0.2, -0.15) is 5.10 Å². The molecule has 1 N–H and O–H groups in total. The highest BCUT2D eigenvalue weighted by molar-refractivity contribution is 7.97. The third-order valence-electron chi connectivity index (χ3n) is 0.972. The summed E-state index contributed by atoms with van der Waals surface area (Å²) >= 11 is 1.35. The molecular weight excluding hydrogens is 152 g/mol. The second-order valence-electron chi connectivity index (χ2n) is 1.59. The van der Waals surface area contributed by atoms with E-state index in [1.807, 2.05) is 6.26 Å². The summed E-state index contributed by atoms with van der Waals surface area (Å²) in [6.45, 7) is 0. The Morgan fingerprint density at radius 2 is 2.60 bits per heavy atom. The lowest BCUT2D eigenvalue weighted by atomic mass is 10.5. The summed E-state index contributed by atoms with van der Waals surface area (Å²) in [6, 6.07) is 1.46. The first kappa shape index (κ1) is 7.14. The minimum absolute atomic E-state index is 0.0781. The summed E-state index contributed by atoms with van der Waals surface area (Å²) in [5.74, 6) is -0.993. The van der Waals surface area contributed by atoms with Gasteiger partial charge in [-0.3, -0.25) is 0 Å². The number of aromatic nitrogens is 2. The number of carbonyl (C=O) groups is 1. The van der Waals surface area contributed by atoms with Crippen LogP contribution in [0, 0.1) is 0 Å². The highest BCUT2D eigenvalue weighted by atomic mass is 32.2. The Hall–Kier alpha value is -0.970. The quantitative estimate of drug-likeness (QED) is 0.688. The van der Waals surface area contributed by atoms with Gasteiger partial charge in [-0.15, -0.1) is 0 Å². The third-order valence-corrected chi connectivity index (χ3v) is 1.55. The van der Waals surface area contributed by atoms with E-state index >= 15 is 0 Å². The lowest BCUT2D eigenvalue weighted by molar-refractivity contribution is 0.0690. The van der Waals surface area contributed by atoms with Crippen molar-refractivity contribution in [3.63, 3.8) is 0 Å². The van der Waals surface area contributed by atoms with Gasteiger partial charge in [0, 0.05) is 12.5 Å². The van der Waals surface area contributed by atoms with Gasteiger partial charge >= 0.3 is 5.97 Å². The van der Waals surface area contributed by atoms with Gasteiger partial charge in [0.25, 0.3) is 0 Å². The largest absolute Gasteiger partial charge is 0.476 e. The van der Waals surface area contributed by atoms with Crippen molar-refractivity contribution in [3.8, 4) is 0 Å². The molecule has 0 aliphatic rings. The van der Waals surface area contributed by atoms with Crippen LogP contribution in [0.3, 0.4) is 0 Å². The van der Waals surface area contributed by atoms with E-state index in [0.29, 0.717) is 0 Å². The van der Waals surface area contributed by atoms with Crippen molar-refractivity contribution >= 4 is 17.9 Å². The first-order valence-corrected chi connectivity index (χ1v) is 3.75. The molecule has 0 radical (unpaired) electrons. The summed E-state index contributed by atoms with van der Waals surface area (Å²) in [5, 5.41) is 12.1. The van der Waals surface area contributed by atoms with Crippen molar-refractivity contribution in [1.29, 1.82) is 0 Å². The maximum Gasteiger partial charge on any atom is 0.356 e. The van der Waals surface area contributed by atoms with Gasteiger partial charge in [0.2, 0.25) is 0 Å². The van der Waals surface area contributed by atoms with E-state index in [1.165, 1.54) is 22.1 Å². The Labute approximate surface area is 62.0 Å². The molecular formula is C5H6N2O2S. The van der Waals surface area contributed by atoms with E-state index < -0.39 is 5.97 Å². The maximum atomic E-state index is 10.2. The topological polar surface area (TPSA) is 55.1 Å². The zero-order valence-corrected chi connectivity index (χ0v) is 6.13. The van der Waals surface area contributed by atoms with Gasteiger partial charge < -0.3 is 5.11 Å². The van der Waals surface area contributed by atoms with E-state index in [9.17, 15) is 4.79 Å². The number of carboxylic acids is 1. The molecule has 0 aliphatic heterocycles. The van der Waals surface area contributed by atoms with Crippen LogP contribution in [-0.2, 0) is 0 Å². The molecule has 1 heterocycles. The summed E-state index contributed by atoms with van der Waals surface area (Å²) in [4.78, 5) is 10.2. The third kappa shape index (κ3) is 1.30. The minimum Gasteiger partial charge on any atom is -0.476 e. The molecule has 0 amide bonds. The second kappa shape index (κ2) is 2.74. The van der Waals surface area contributed by atoms with Crippen LogP contribution < -0.4 is 0 Å². The summed E-state index contributed by atoms with van der Waals surface area (Å²) < 4.78 is 1.49. The Morgan fingerprint density at radius 1 is 1.90 bits per heavy atom. The fraction of sp³-hybridized carbons (Fsp3) is 0.200. The van der Waals surface area contributed by atoms with Crippen LogP contribution in [-0.4, -0.2) is 26.5 Å². The lowest BCUT2D eigenvalue weighted by Gasteiger charge is -1.88. The second-order valence-corrected chi connectivity index (χ2v) is 2.33. The van der Waals surface area contributed by atoms with Gasteiger partial charge in [-0.25, -0.2) is 8.88 Å². The monoisotopic (exact) mass is 158 g/mol. The average molecular weight is 158 g/mol. The fourth-order valence-corrected chi connectivity index (χ4v) is 0.875. The number of aromatic carboxylic acids is 1. The smallest absolute Gasteiger partial charge is 0.356 e. The van der Waals surface area contributed by atoms with Crippen molar-refractivity contribution in [2.75, 3.05) is 6.26 Å². The SMILES string of the molecule is CSn1ccc(C(=O)O)n1. The highest BCUT2D eigenvalue weighted by Crippen LogP contribution is 2.01.